The van der Waals surface area contributed by atoms with Gasteiger partial charge in [-0.1, -0.05) is 24.0 Å². The van der Waals surface area contributed by atoms with E-state index in [0.717, 1.165) is 18.7 Å². The van der Waals surface area contributed by atoms with E-state index in [4.69, 9.17) is 9.84 Å². The first-order valence-corrected chi connectivity index (χ1v) is 11.1. The highest BCUT2D eigenvalue weighted by atomic mass is 19.4. The number of hydrogen-bond acceptors (Lipinski definition) is 6. The number of aliphatic imine (C=N–C) groups is 1. The van der Waals surface area contributed by atoms with Gasteiger partial charge in [0.2, 0.25) is 5.91 Å². The SMILES string of the molecule is O=C(C=Cc1cccc(Oc2ccnc(C3=NCCN3)c2)c1)Nc1ccc(C#CCO)c(C(F)(F)F)c1. The van der Waals surface area contributed by atoms with Crippen molar-refractivity contribution in [3.05, 3.63) is 89.3 Å². The van der Waals surface area contributed by atoms with Crippen molar-refractivity contribution in [3.8, 4) is 23.3 Å². The van der Waals surface area contributed by atoms with Crippen LogP contribution in [0.2, 0.25) is 0 Å². The fourth-order valence-corrected chi connectivity index (χ4v) is 3.45. The summed E-state index contributed by atoms with van der Waals surface area (Å²) in [5.74, 6) is 5.65. The molecule has 0 radical (unpaired) electrons. The number of aromatic nitrogens is 1. The maximum absolute atomic E-state index is 13.4. The van der Waals surface area contributed by atoms with Gasteiger partial charge in [0.1, 0.15) is 29.6 Å². The van der Waals surface area contributed by atoms with Crippen molar-refractivity contribution in [3.63, 3.8) is 0 Å². The Morgan fingerprint density at radius 3 is 2.76 bits per heavy atom. The predicted molar refractivity (Wildman–Crippen MR) is 133 cm³/mol. The van der Waals surface area contributed by atoms with Gasteiger partial charge in [-0.3, -0.25) is 14.8 Å². The van der Waals surface area contributed by atoms with Crippen LogP contribution in [0.25, 0.3) is 6.08 Å². The molecular formula is C27H21F3N4O3. The van der Waals surface area contributed by atoms with Crippen LogP contribution in [0.4, 0.5) is 18.9 Å². The summed E-state index contributed by atoms with van der Waals surface area (Å²) < 4.78 is 46.0. The van der Waals surface area contributed by atoms with Crippen LogP contribution in [-0.2, 0) is 11.0 Å². The lowest BCUT2D eigenvalue weighted by Crippen LogP contribution is -2.20. The number of ether oxygens (including phenoxy) is 1. The molecule has 1 amide bonds. The number of benzene rings is 2. The van der Waals surface area contributed by atoms with Gasteiger partial charge in [-0.2, -0.15) is 13.2 Å². The maximum Gasteiger partial charge on any atom is 0.417 e. The Morgan fingerprint density at radius 1 is 1.16 bits per heavy atom. The Labute approximate surface area is 210 Å². The van der Waals surface area contributed by atoms with E-state index < -0.39 is 24.3 Å². The fraction of sp³-hybridized carbons (Fsp3) is 0.148. The molecule has 0 atom stereocenters. The van der Waals surface area contributed by atoms with Crippen molar-refractivity contribution in [1.29, 1.82) is 0 Å². The minimum Gasteiger partial charge on any atom is -0.457 e. The number of amides is 1. The van der Waals surface area contributed by atoms with Crippen LogP contribution in [0.5, 0.6) is 11.5 Å². The second-order valence-corrected chi connectivity index (χ2v) is 7.75. The molecule has 10 heteroatoms. The number of nitrogens with one attached hydrogen (secondary N) is 2. The Morgan fingerprint density at radius 2 is 2.00 bits per heavy atom. The van der Waals surface area contributed by atoms with E-state index in [2.05, 4.69) is 32.5 Å². The van der Waals surface area contributed by atoms with Gasteiger partial charge in [0.05, 0.1) is 12.1 Å². The second-order valence-electron chi connectivity index (χ2n) is 7.75. The lowest BCUT2D eigenvalue weighted by atomic mass is 10.1. The van der Waals surface area contributed by atoms with E-state index in [0.29, 0.717) is 35.1 Å². The van der Waals surface area contributed by atoms with Gasteiger partial charge < -0.3 is 20.5 Å². The molecule has 4 rings (SSSR count). The Hall–Kier alpha value is -4.62. The molecule has 1 aromatic heterocycles. The summed E-state index contributed by atoms with van der Waals surface area (Å²) in [5.41, 5.74) is -0.0152. The van der Waals surface area contributed by atoms with Crippen LogP contribution in [0, 0.1) is 11.8 Å². The first-order chi connectivity index (χ1) is 17.8. The molecule has 188 valence electrons. The Kier molecular flexibility index (Phi) is 7.86. The molecule has 0 saturated carbocycles. The van der Waals surface area contributed by atoms with Crippen molar-refractivity contribution < 1.29 is 27.8 Å². The molecule has 3 N–H and O–H groups in total. The lowest BCUT2D eigenvalue weighted by molar-refractivity contribution is -0.137. The smallest absolute Gasteiger partial charge is 0.417 e. The zero-order valence-electron chi connectivity index (χ0n) is 19.3. The van der Waals surface area contributed by atoms with Crippen LogP contribution in [0.3, 0.4) is 0 Å². The zero-order chi connectivity index (χ0) is 26.3. The van der Waals surface area contributed by atoms with E-state index in [-0.39, 0.29) is 11.3 Å². The molecule has 0 spiro atoms. The number of amidine groups is 1. The van der Waals surface area contributed by atoms with Crippen LogP contribution in [0.1, 0.15) is 22.4 Å². The highest BCUT2D eigenvalue weighted by Crippen LogP contribution is 2.33. The van der Waals surface area contributed by atoms with Gasteiger partial charge in [-0.05, 0) is 48.0 Å². The lowest BCUT2D eigenvalue weighted by Gasteiger charge is -2.11. The molecule has 0 fully saturated rings. The number of hydrogen-bond donors (Lipinski definition) is 3. The third-order valence-electron chi connectivity index (χ3n) is 5.06. The summed E-state index contributed by atoms with van der Waals surface area (Å²) in [5, 5.41) is 14.3. The van der Waals surface area contributed by atoms with Gasteiger partial charge in [0.25, 0.3) is 0 Å². The van der Waals surface area contributed by atoms with Gasteiger partial charge in [-0.25, -0.2) is 0 Å². The molecule has 0 aliphatic carbocycles. The van der Waals surface area contributed by atoms with Gasteiger partial charge >= 0.3 is 6.18 Å². The van der Waals surface area contributed by atoms with Crippen LogP contribution in [-0.4, -0.2) is 41.5 Å². The molecule has 2 aromatic carbocycles. The normalized spacial score (nSPS) is 12.9. The Balaban J connectivity index is 1.43. The van der Waals surface area contributed by atoms with E-state index >= 15 is 0 Å². The van der Waals surface area contributed by atoms with E-state index in [1.54, 1.807) is 42.6 Å². The number of aliphatic hydroxyl groups is 1. The quantitative estimate of drug-likeness (QED) is 0.344. The monoisotopic (exact) mass is 506 g/mol. The third kappa shape index (κ3) is 6.96. The number of aliphatic hydroxyl groups excluding tert-OH is 1. The molecule has 0 bridgehead atoms. The van der Waals surface area contributed by atoms with Crippen molar-refractivity contribution in [2.75, 3.05) is 25.0 Å². The number of carbonyl (C=O) groups excluding carboxylic acids is 1. The number of alkyl halides is 3. The molecular weight excluding hydrogens is 485 g/mol. The molecule has 37 heavy (non-hydrogen) atoms. The highest BCUT2D eigenvalue weighted by Gasteiger charge is 2.33. The first-order valence-electron chi connectivity index (χ1n) is 11.1. The fourth-order valence-electron chi connectivity index (χ4n) is 3.45. The highest BCUT2D eigenvalue weighted by molar-refractivity contribution is 6.02. The molecule has 1 aliphatic heterocycles. The third-order valence-corrected chi connectivity index (χ3v) is 5.06. The van der Waals surface area contributed by atoms with Gasteiger partial charge in [0, 0.05) is 36.1 Å². The van der Waals surface area contributed by atoms with Crippen LogP contribution >= 0.6 is 0 Å². The summed E-state index contributed by atoms with van der Waals surface area (Å²) in [4.78, 5) is 21.0. The van der Waals surface area contributed by atoms with E-state index in [9.17, 15) is 18.0 Å². The van der Waals surface area contributed by atoms with Crippen LogP contribution in [0.15, 0.2) is 71.9 Å². The predicted octanol–water partition coefficient (Wildman–Crippen LogP) is 4.24. The summed E-state index contributed by atoms with van der Waals surface area (Å²) in [6.45, 7) is 0.889. The average Bonchev–Trinajstić information content (AvgIpc) is 3.42. The number of halogens is 3. The maximum atomic E-state index is 13.4. The van der Waals surface area contributed by atoms with Crippen molar-refractivity contribution in [1.82, 2.24) is 10.3 Å². The molecule has 3 aromatic rings. The van der Waals surface area contributed by atoms with Crippen molar-refractivity contribution in [2.45, 2.75) is 6.18 Å². The van der Waals surface area contributed by atoms with Gasteiger partial charge in [0.15, 0.2) is 0 Å². The molecule has 2 heterocycles. The summed E-state index contributed by atoms with van der Waals surface area (Å²) in [7, 11) is 0. The minimum absolute atomic E-state index is 0.0385. The molecule has 0 unspecified atom stereocenters. The summed E-state index contributed by atoms with van der Waals surface area (Å²) in [6.07, 6.45) is -0.326. The van der Waals surface area contributed by atoms with Crippen molar-refractivity contribution >= 4 is 23.5 Å². The van der Waals surface area contributed by atoms with Crippen LogP contribution < -0.4 is 15.4 Å². The van der Waals surface area contributed by atoms with Gasteiger partial charge in [-0.15, -0.1) is 0 Å². The molecule has 7 nitrogen and oxygen atoms in total. The number of rotatable bonds is 6. The Bertz CT molecular complexity index is 1420. The van der Waals surface area contributed by atoms with Crippen molar-refractivity contribution in [2.24, 2.45) is 4.99 Å². The average molecular weight is 506 g/mol. The van der Waals surface area contributed by atoms with E-state index in [1.807, 2.05) is 0 Å². The number of pyridine rings is 1. The largest absolute Gasteiger partial charge is 0.457 e. The molecule has 1 aliphatic rings. The molecule has 0 saturated heterocycles. The summed E-state index contributed by atoms with van der Waals surface area (Å²) in [6, 6.07) is 13.7. The minimum atomic E-state index is -4.67. The number of anilines is 1. The first kappa shape index (κ1) is 25.5. The summed E-state index contributed by atoms with van der Waals surface area (Å²) >= 11 is 0. The van der Waals surface area contributed by atoms with E-state index in [1.165, 1.54) is 18.2 Å². The standard InChI is InChI=1S/C27H21F3N4O3/c28-27(29,30)23-16-20(8-7-19(23)4-2-14-35)34-25(36)9-6-18-3-1-5-21(15-18)37-22-10-11-31-24(17-22)26-32-12-13-33-26/h1,3,5-11,15-17,35H,12-14H2,(H,32,33)(H,34,36). The zero-order valence-corrected chi connectivity index (χ0v) is 19.3. The number of nitrogens with zero attached hydrogens (tertiary/aromatic N) is 2. The topological polar surface area (TPSA) is 95.8 Å². The number of carbonyl (C=O) groups is 1. The second kappa shape index (κ2) is 11.4.